The van der Waals surface area contributed by atoms with Crippen LogP contribution in [-0.2, 0) is 9.59 Å². The molecule has 4 rings (SSSR count). The van der Waals surface area contributed by atoms with Gasteiger partial charge in [-0.1, -0.05) is 11.6 Å². The van der Waals surface area contributed by atoms with Crippen molar-refractivity contribution in [1.29, 1.82) is 0 Å². The Balaban J connectivity index is 1.85. The highest BCUT2D eigenvalue weighted by atomic mass is 35.5. The van der Waals surface area contributed by atoms with Gasteiger partial charge in [0, 0.05) is 24.7 Å². The Morgan fingerprint density at radius 1 is 1.35 bits per heavy atom. The van der Waals surface area contributed by atoms with Crippen LogP contribution in [0.1, 0.15) is 31.6 Å². The van der Waals surface area contributed by atoms with E-state index < -0.39 is 17.6 Å². The minimum atomic E-state index is -1.15. The van der Waals surface area contributed by atoms with Gasteiger partial charge in [-0.05, 0) is 38.0 Å². The molecule has 160 valence electrons. The number of rotatable bonds is 8. The van der Waals surface area contributed by atoms with Gasteiger partial charge in [-0.15, -0.1) is 0 Å². The average Bonchev–Trinajstić information content (AvgIpc) is 3.52. The van der Waals surface area contributed by atoms with Gasteiger partial charge in [0.15, 0.2) is 17.4 Å². The van der Waals surface area contributed by atoms with Crippen molar-refractivity contribution in [2.24, 2.45) is 0 Å². The zero-order valence-corrected chi connectivity index (χ0v) is 17.5. The van der Waals surface area contributed by atoms with Crippen molar-refractivity contribution in [2.45, 2.75) is 31.7 Å². The molecule has 0 saturated heterocycles. The van der Waals surface area contributed by atoms with Gasteiger partial charge in [0.05, 0.1) is 10.7 Å². The fourth-order valence-electron chi connectivity index (χ4n) is 3.07. The maximum atomic E-state index is 14.5. The summed E-state index contributed by atoms with van der Waals surface area (Å²) in [6.07, 6.45) is 3.91. The molecule has 2 heterocycles. The highest BCUT2D eigenvalue weighted by Crippen LogP contribution is 2.45. The second-order valence-electron chi connectivity index (χ2n) is 7.20. The van der Waals surface area contributed by atoms with Gasteiger partial charge in [0.25, 0.3) is 0 Å². The van der Waals surface area contributed by atoms with E-state index in [1.165, 1.54) is 13.0 Å². The number of carbonyl (C=O) groups is 2. The lowest BCUT2D eigenvalue weighted by Gasteiger charge is -2.15. The van der Waals surface area contributed by atoms with Crippen LogP contribution in [-0.4, -0.2) is 40.1 Å². The quantitative estimate of drug-likeness (QED) is 0.396. The van der Waals surface area contributed by atoms with Crippen LogP contribution >= 0.6 is 11.6 Å². The van der Waals surface area contributed by atoms with E-state index in [1.807, 2.05) is 0 Å². The largest absolute Gasteiger partial charge is 0.438 e. The fraction of sp³-hybridized carbons (Fsp3) is 0.286. The zero-order valence-electron chi connectivity index (χ0n) is 16.8. The molecule has 1 aliphatic rings. The lowest BCUT2D eigenvalue weighted by molar-refractivity contribution is -0.121. The minimum Gasteiger partial charge on any atom is -0.438 e. The fourth-order valence-corrected chi connectivity index (χ4v) is 3.32. The van der Waals surface area contributed by atoms with Crippen LogP contribution in [0.3, 0.4) is 0 Å². The molecule has 0 bridgehead atoms. The third-order valence-corrected chi connectivity index (χ3v) is 5.27. The molecule has 1 aromatic carbocycles. The standard InChI is InChI=1S/C21H19ClFN5O3/c1-10(30)16(9-29)26-15-8-12(23)7-13(17(15)22)18-19(31-20(28-18)11-3-4-11)14-5-6-25-21(24-2)27-14/h5-9,11,16,26H,3-4H2,1-2H3,(H,24,25,27). The van der Waals surface area contributed by atoms with Crippen LogP contribution in [0.15, 0.2) is 28.8 Å². The predicted octanol–water partition coefficient (Wildman–Crippen LogP) is 4.08. The van der Waals surface area contributed by atoms with Crippen molar-refractivity contribution in [3.05, 3.63) is 41.1 Å². The number of carbonyl (C=O) groups excluding carboxylic acids is 2. The monoisotopic (exact) mass is 443 g/mol. The van der Waals surface area contributed by atoms with Crippen LogP contribution in [0.2, 0.25) is 5.02 Å². The molecular weight excluding hydrogens is 425 g/mol. The van der Waals surface area contributed by atoms with Gasteiger partial charge in [-0.2, -0.15) is 0 Å². The maximum absolute atomic E-state index is 14.5. The lowest BCUT2D eigenvalue weighted by Crippen LogP contribution is -2.29. The van der Waals surface area contributed by atoms with E-state index >= 15 is 0 Å². The van der Waals surface area contributed by atoms with E-state index in [2.05, 4.69) is 25.6 Å². The van der Waals surface area contributed by atoms with Crippen molar-refractivity contribution >= 4 is 35.3 Å². The summed E-state index contributed by atoms with van der Waals surface area (Å²) in [5.41, 5.74) is 1.14. The van der Waals surface area contributed by atoms with E-state index in [0.29, 0.717) is 35.3 Å². The number of aromatic nitrogens is 3. The van der Waals surface area contributed by atoms with Gasteiger partial charge in [0.1, 0.15) is 29.5 Å². The number of hydrogen-bond donors (Lipinski definition) is 2. The first-order valence-corrected chi connectivity index (χ1v) is 10.0. The summed E-state index contributed by atoms with van der Waals surface area (Å²) in [6, 6.07) is 2.86. The van der Waals surface area contributed by atoms with E-state index in [4.69, 9.17) is 16.0 Å². The minimum absolute atomic E-state index is 0.101. The molecule has 0 radical (unpaired) electrons. The van der Waals surface area contributed by atoms with E-state index in [9.17, 15) is 14.0 Å². The molecule has 2 N–H and O–H groups in total. The zero-order chi connectivity index (χ0) is 22.1. The highest BCUT2D eigenvalue weighted by molar-refractivity contribution is 6.36. The molecule has 8 nitrogen and oxygen atoms in total. The summed E-state index contributed by atoms with van der Waals surface area (Å²) in [5, 5.41) is 5.65. The van der Waals surface area contributed by atoms with Crippen molar-refractivity contribution in [1.82, 2.24) is 15.0 Å². The molecule has 1 fully saturated rings. The molecule has 31 heavy (non-hydrogen) atoms. The molecule has 10 heteroatoms. The molecule has 1 atom stereocenters. The first-order valence-electron chi connectivity index (χ1n) is 9.64. The number of benzene rings is 1. The SMILES string of the molecule is CNc1nccc(-c2oc(C3CC3)nc2-c2cc(F)cc(NC(C=O)C(C)=O)c2Cl)n1. The smallest absolute Gasteiger partial charge is 0.223 e. The normalized spacial score (nSPS) is 14.2. The Labute approximate surface area is 182 Å². The summed E-state index contributed by atoms with van der Waals surface area (Å²) in [4.78, 5) is 35.9. The Bertz CT molecular complexity index is 1160. The van der Waals surface area contributed by atoms with Gasteiger partial charge < -0.3 is 19.8 Å². The maximum Gasteiger partial charge on any atom is 0.223 e. The Morgan fingerprint density at radius 3 is 2.77 bits per heavy atom. The predicted molar refractivity (Wildman–Crippen MR) is 114 cm³/mol. The summed E-state index contributed by atoms with van der Waals surface area (Å²) in [6.45, 7) is 1.26. The number of halogens is 2. The number of nitrogens with zero attached hydrogens (tertiary/aromatic N) is 3. The number of ketones is 1. The molecule has 0 aliphatic heterocycles. The first kappa shape index (κ1) is 20.9. The molecule has 1 saturated carbocycles. The summed E-state index contributed by atoms with van der Waals surface area (Å²) in [5.74, 6) is 0.402. The third kappa shape index (κ3) is 4.27. The summed E-state index contributed by atoms with van der Waals surface area (Å²) < 4.78 is 20.5. The number of nitrogens with one attached hydrogen (secondary N) is 2. The number of Topliss-reactive ketones (excluding diaryl/α,β-unsaturated/α-hetero) is 1. The highest BCUT2D eigenvalue weighted by Gasteiger charge is 2.32. The summed E-state index contributed by atoms with van der Waals surface area (Å²) >= 11 is 6.56. The summed E-state index contributed by atoms with van der Waals surface area (Å²) in [7, 11) is 1.69. The molecule has 0 spiro atoms. The average molecular weight is 444 g/mol. The van der Waals surface area contributed by atoms with Crippen LogP contribution in [0.4, 0.5) is 16.0 Å². The van der Waals surface area contributed by atoms with Crippen LogP contribution < -0.4 is 10.6 Å². The van der Waals surface area contributed by atoms with E-state index in [0.717, 1.165) is 18.9 Å². The van der Waals surface area contributed by atoms with Crippen molar-refractivity contribution in [3.63, 3.8) is 0 Å². The number of aldehydes is 1. The molecule has 0 amide bonds. The number of oxazole rings is 1. The topological polar surface area (TPSA) is 110 Å². The first-order chi connectivity index (χ1) is 14.9. The van der Waals surface area contributed by atoms with Crippen LogP contribution in [0.5, 0.6) is 0 Å². The molecule has 3 aromatic rings. The number of hydrogen-bond acceptors (Lipinski definition) is 8. The van der Waals surface area contributed by atoms with E-state index in [1.54, 1.807) is 19.3 Å². The Kier molecular flexibility index (Phi) is 5.69. The third-order valence-electron chi connectivity index (χ3n) is 4.86. The van der Waals surface area contributed by atoms with Gasteiger partial charge in [-0.25, -0.2) is 19.3 Å². The van der Waals surface area contributed by atoms with Crippen molar-refractivity contribution in [2.75, 3.05) is 17.7 Å². The van der Waals surface area contributed by atoms with Crippen LogP contribution in [0, 0.1) is 5.82 Å². The Hall–Kier alpha value is -3.33. The molecular formula is C21H19ClFN5O3. The molecule has 2 aromatic heterocycles. The molecule has 1 aliphatic carbocycles. The van der Waals surface area contributed by atoms with E-state index in [-0.39, 0.29) is 22.2 Å². The van der Waals surface area contributed by atoms with Gasteiger partial charge >= 0.3 is 0 Å². The van der Waals surface area contributed by atoms with Gasteiger partial charge in [0.2, 0.25) is 5.95 Å². The Morgan fingerprint density at radius 2 is 2.13 bits per heavy atom. The number of anilines is 2. The lowest BCUT2D eigenvalue weighted by atomic mass is 10.1. The van der Waals surface area contributed by atoms with Crippen LogP contribution in [0.25, 0.3) is 22.7 Å². The second-order valence-corrected chi connectivity index (χ2v) is 7.58. The molecule has 1 unspecified atom stereocenters. The van der Waals surface area contributed by atoms with Gasteiger partial charge in [-0.3, -0.25) is 4.79 Å². The second kappa shape index (κ2) is 8.43. The van der Waals surface area contributed by atoms with Crippen molar-refractivity contribution in [3.8, 4) is 22.7 Å². The van der Waals surface area contributed by atoms with Crippen molar-refractivity contribution < 1.29 is 18.4 Å².